The number of hydrogen-bond acceptors (Lipinski definition) is 8. The van der Waals surface area contributed by atoms with E-state index in [4.69, 9.17) is 42.1 Å². The average molecular weight is 715 g/mol. The van der Waals surface area contributed by atoms with E-state index in [1.165, 1.54) is 7.11 Å². The largest absolute Gasteiger partial charge is 0.456 e. The molecule has 0 atom stereocenters. The molecule has 0 bridgehead atoms. The molecule has 2 saturated heterocycles. The predicted molar refractivity (Wildman–Crippen MR) is 197 cm³/mol. The number of ether oxygens (including phenoxy) is 2. The highest BCUT2D eigenvalue weighted by Gasteiger charge is 2.46. The van der Waals surface area contributed by atoms with Crippen LogP contribution in [-0.4, -0.2) is 82.8 Å². The van der Waals surface area contributed by atoms with Gasteiger partial charge in [-0.2, -0.15) is 0 Å². The molecule has 5 rings (SSSR count). The first-order chi connectivity index (χ1) is 22.7. The number of anilines is 1. The van der Waals surface area contributed by atoms with Crippen LogP contribution in [0.1, 0.15) is 39.2 Å². The van der Waals surface area contributed by atoms with Crippen molar-refractivity contribution in [3.63, 3.8) is 0 Å². The number of methoxy groups -OCH3 is 1. The van der Waals surface area contributed by atoms with Crippen molar-refractivity contribution < 1.29 is 18.7 Å². The summed E-state index contributed by atoms with van der Waals surface area (Å²) in [4.78, 5) is 21.5. The molecule has 9 nitrogen and oxygen atoms in total. The van der Waals surface area contributed by atoms with E-state index in [1.54, 1.807) is 12.3 Å². The molecule has 0 spiro atoms. The summed E-state index contributed by atoms with van der Waals surface area (Å²) in [6, 6.07) is 15.8. The number of carbonyl (C=O) groups is 1. The number of benzene rings is 2. The number of halogens is 2. The van der Waals surface area contributed by atoms with Gasteiger partial charge < -0.3 is 29.4 Å². The van der Waals surface area contributed by atoms with Gasteiger partial charge in [-0.1, -0.05) is 44.0 Å². The third-order valence-corrected chi connectivity index (χ3v) is 14.7. The first-order valence-corrected chi connectivity index (χ1v) is 20.4. The van der Waals surface area contributed by atoms with Gasteiger partial charge >= 0.3 is 6.09 Å². The van der Waals surface area contributed by atoms with E-state index in [0.717, 1.165) is 81.2 Å². The van der Waals surface area contributed by atoms with Gasteiger partial charge in [0.15, 0.2) is 8.32 Å². The Morgan fingerprint density at radius 1 is 0.958 bits per heavy atom. The lowest BCUT2D eigenvalue weighted by atomic mass is 9.91. The van der Waals surface area contributed by atoms with Gasteiger partial charge in [0.2, 0.25) is 0 Å². The Morgan fingerprint density at radius 2 is 1.62 bits per heavy atom. The van der Waals surface area contributed by atoms with Crippen LogP contribution in [-0.2, 0) is 15.7 Å². The molecule has 260 valence electrons. The highest BCUT2D eigenvalue weighted by molar-refractivity contribution is 6.74. The number of piperidine rings is 1. The molecular formula is C36H49Cl2N5O4Si. The summed E-state index contributed by atoms with van der Waals surface area (Å²) in [5.41, 5.74) is 2.54. The number of pyridine rings is 1. The number of alkyl carbamates (subject to hydrolysis) is 1. The summed E-state index contributed by atoms with van der Waals surface area (Å²) in [5.74, 6) is 2.34. The van der Waals surface area contributed by atoms with E-state index < -0.39 is 20.0 Å². The summed E-state index contributed by atoms with van der Waals surface area (Å²) in [7, 11) is -0.724. The van der Waals surface area contributed by atoms with Crippen molar-refractivity contribution in [1.29, 1.82) is 0 Å². The SMILES string of the molecule is COC(=O)NCC1(O[Si](C)(C)C(C)(C)C)CCN(Cc2cc(Oc3ccc(N4CCNCC4)nc3)cc(-c3cc(Cl)cc(Cl)c3)c2)CC1. The quantitative estimate of drug-likeness (QED) is 0.205. The van der Waals surface area contributed by atoms with E-state index in [0.29, 0.717) is 28.1 Å². The van der Waals surface area contributed by atoms with Crippen LogP contribution in [0, 0.1) is 0 Å². The van der Waals surface area contributed by atoms with Gasteiger partial charge in [-0.25, -0.2) is 9.78 Å². The predicted octanol–water partition coefficient (Wildman–Crippen LogP) is 7.97. The zero-order chi connectivity index (χ0) is 34.5. The standard InChI is InChI=1S/C36H49Cl2N5O4Si/c1-35(2,3)48(5,6)47-36(25-41-34(44)45-4)9-13-42(14-10-36)24-26-17-27(28-19-29(37)22-30(38)20-28)21-32(18-26)46-31-7-8-33(40-23-31)43-15-11-39-12-16-43/h7-8,17-23,39H,9-16,24-25H2,1-6H3,(H,41,44). The molecule has 0 saturated carbocycles. The minimum atomic E-state index is -2.11. The lowest BCUT2D eigenvalue weighted by Crippen LogP contribution is -2.58. The van der Waals surface area contributed by atoms with Crippen LogP contribution in [0.2, 0.25) is 28.2 Å². The van der Waals surface area contributed by atoms with E-state index in [9.17, 15) is 4.79 Å². The molecule has 48 heavy (non-hydrogen) atoms. The Kier molecular flexibility index (Phi) is 11.6. The van der Waals surface area contributed by atoms with Crippen LogP contribution >= 0.6 is 23.2 Å². The molecule has 2 aliphatic rings. The fourth-order valence-corrected chi connectivity index (χ4v) is 8.23. The Bertz CT molecular complexity index is 1530. The van der Waals surface area contributed by atoms with Crippen LogP contribution in [0.3, 0.4) is 0 Å². The highest BCUT2D eigenvalue weighted by atomic mass is 35.5. The van der Waals surface area contributed by atoms with E-state index in [2.05, 4.69) is 66.4 Å². The Morgan fingerprint density at radius 3 is 2.23 bits per heavy atom. The average Bonchev–Trinajstić information content (AvgIpc) is 3.04. The van der Waals surface area contributed by atoms with Crippen molar-refractivity contribution in [2.75, 3.05) is 57.8 Å². The van der Waals surface area contributed by atoms with Gasteiger partial charge in [0, 0.05) is 62.4 Å². The lowest BCUT2D eigenvalue weighted by molar-refractivity contribution is -0.0105. The Labute approximate surface area is 296 Å². The van der Waals surface area contributed by atoms with Crippen molar-refractivity contribution in [3.05, 3.63) is 70.3 Å². The molecule has 0 unspecified atom stereocenters. The molecule has 1 amide bonds. The molecule has 2 aromatic carbocycles. The second-order valence-corrected chi connectivity index (χ2v) is 20.0. The monoisotopic (exact) mass is 713 g/mol. The fourth-order valence-electron chi connectivity index (χ4n) is 6.04. The molecule has 0 radical (unpaired) electrons. The molecule has 2 aliphatic heterocycles. The summed E-state index contributed by atoms with van der Waals surface area (Å²) < 4.78 is 18.3. The highest BCUT2D eigenvalue weighted by Crippen LogP contribution is 2.42. The first-order valence-electron chi connectivity index (χ1n) is 16.7. The topological polar surface area (TPSA) is 88.2 Å². The third kappa shape index (κ3) is 9.43. The van der Waals surface area contributed by atoms with Crippen LogP contribution in [0.15, 0.2) is 54.7 Å². The van der Waals surface area contributed by atoms with Crippen molar-refractivity contribution in [2.24, 2.45) is 0 Å². The van der Waals surface area contributed by atoms with Gasteiger partial charge in [-0.05, 0) is 96.2 Å². The number of likely N-dealkylation sites (tertiary alicyclic amines) is 1. The zero-order valence-corrected chi connectivity index (χ0v) is 31.5. The summed E-state index contributed by atoms with van der Waals surface area (Å²) >= 11 is 12.8. The summed E-state index contributed by atoms with van der Waals surface area (Å²) in [6.45, 7) is 17.8. The molecule has 12 heteroatoms. The number of nitrogens with zero attached hydrogens (tertiary/aromatic N) is 3. The normalized spacial score (nSPS) is 17.2. The molecular weight excluding hydrogens is 665 g/mol. The van der Waals surface area contributed by atoms with E-state index in [-0.39, 0.29) is 5.04 Å². The second-order valence-electron chi connectivity index (χ2n) is 14.4. The van der Waals surface area contributed by atoms with E-state index in [1.807, 2.05) is 30.3 Å². The number of carbonyl (C=O) groups excluding carboxylic acids is 1. The zero-order valence-electron chi connectivity index (χ0n) is 29.0. The van der Waals surface area contributed by atoms with Gasteiger partial charge in [-0.15, -0.1) is 0 Å². The second kappa shape index (κ2) is 15.4. The number of rotatable bonds is 10. The number of amides is 1. The van der Waals surface area contributed by atoms with Crippen molar-refractivity contribution in [2.45, 2.75) is 63.9 Å². The molecule has 3 aromatic rings. The third-order valence-electron chi connectivity index (χ3n) is 9.75. The van der Waals surface area contributed by atoms with Crippen molar-refractivity contribution >= 4 is 43.4 Å². The lowest BCUT2D eigenvalue weighted by Gasteiger charge is -2.49. The van der Waals surface area contributed by atoms with Gasteiger partial charge in [0.1, 0.15) is 17.3 Å². The van der Waals surface area contributed by atoms with Gasteiger partial charge in [0.05, 0.1) is 18.9 Å². The molecule has 2 N–H and O–H groups in total. The minimum absolute atomic E-state index is 0.0450. The van der Waals surface area contributed by atoms with Crippen LogP contribution in [0.25, 0.3) is 11.1 Å². The Balaban J connectivity index is 1.36. The summed E-state index contributed by atoms with van der Waals surface area (Å²) in [5, 5.41) is 7.52. The maximum absolute atomic E-state index is 12.1. The van der Waals surface area contributed by atoms with Gasteiger partial charge in [0.25, 0.3) is 0 Å². The molecule has 0 aliphatic carbocycles. The first kappa shape index (κ1) is 36.4. The number of nitrogens with one attached hydrogen (secondary N) is 2. The van der Waals surface area contributed by atoms with E-state index >= 15 is 0 Å². The smallest absolute Gasteiger partial charge is 0.406 e. The van der Waals surface area contributed by atoms with Gasteiger partial charge in [-0.3, -0.25) is 4.90 Å². The van der Waals surface area contributed by atoms with Crippen LogP contribution < -0.4 is 20.3 Å². The fraction of sp³-hybridized carbons (Fsp3) is 0.500. The summed E-state index contributed by atoms with van der Waals surface area (Å²) in [6.07, 6.45) is 2.94. The van der Waals surface area contributed by atoms with Crippen LogP contribution in [0.4, 0.5) is 10.6 Å². The number of piperazine rings is 1. The minimum Gasteiger partial charge on any atom is -0.456 e. The number of aromatic nitrogens is 1. The van der Waals surface area contributed by atoms with Crippen LogP contribution in [0.5, 0.6) is 11.5 Å². The molecule has 3 heterocycles. The maximum atomic E-state index is 12.1. The number of hydrogen-bond donors (Lipinski definition) is 2. The van der Waals surface area contributed by atoms with Crippen molar-refractivity contribution in [3.8, 4) is 22.6 Å². The Hall–Kier alpha value is -2.86. The molecule has 1 aromatic heterocycles. The molecule has 2 fully saturated rings. The van der Waals surface area contributed by atoms with Crippen molar-refractivity contribution in [1.82, 2.24) is 20.5 Å². The maximum Gasteiger partial charge on any atom is 0.406 e.